The number of urea groups is 1. The Morgan fingerprint density at radius 2 is 1.95 bits per heavy atom. The SMILES string of the molecule is CCOC(=O)[C@@H]1[C@H](C)NC(=O)N[C@H]1c1ccccc1. The summed E-state index contributed by atoms with van der Waals surface area (Å²) in [6.45, 7) is 3.92. The molecule has 0 spiro atoms. The van der Waals surface area contributed by atoms with Crippen molar-refractivity contribution >= 4 is 12.0 Å². The monoisotopic (exact) mass is 262 g/mol. The van der Waals surface area contributed by atoms with E-state index in [-0.39, 0.29) is 24.1 Å². The van der Waals surface area contributed by atoms with Crippen LogP contribution in [0.25, 0.3) is 0 Å². The standard InChI is InChI=1S/C14H18N2O3/c1-3-19-13(17)11-9(2)15-14(18)16-12(11)10-7-5-4-6-8-10/h4-9,11-12H,3H2,1-2H3,(H2,15,16,18)/t9-,11+,12-/m0/s1. The van der Waals surface area contributed by atoms with Crippen molar-refractivity contribution in [1.29, 1.82) is 0 Å². The molecular formula is C14H18N2O3. The van der Waals surface area contributed by atoms with Crippen molar-refractivity contribution in [3.05, 3.63) is 35.9 Å². The molecule has 0 aromatic heterocycles. The fraction of sp³-hybridized carbons (Fsp3) is 0.429. The summed E-state index contributed by atoms with van der Waals surface area (Å²) >= 11 is 0. The van der Waals surface area contributed by atoms with Crippen molar-refractivity contribution < 1.29 is 14.3 Å². The third-order valence-electron chi connectivity index (χ3n) is 3.26. The first-order valence-electron chi connectivity index (χ1n) is 6.42. The van der Waals surface area contributed by atoms with Gasteiger partial charge in [0.2, 0.25) is 0 Å². The zero-order valence-electron chi connectivity index (χ0n) is 11.1. The van der Waals surface area contributed by atoms with Crippen molar-refractivity contribution in [2.45, 2.75) is 25.9 Å². The van der Waals surface area contributed by atoms with E-state index in [4.69, 9.17) is 4.74 Å². The van der Waals surface area contributed by atoms with Crippen molar-refractivity contribution in [1.82, 2.24) is 10.6 Å². The second-order valence-corrected chi connectivity index (χ2v) is 4.57. The molecule has 1 aromatic carbocycles. The van der Waals surface area contributed by atoms with Crippen LogP contribution in [-0.2, 0) is 9.53 Å². The molecule has 0 unspecified atom stereocenters. The minimum atomic E-state index is -0.431. The van der Waals surface area contributed by atoms with Gasteiger partial charge in [0.1, 0.15) is 5.92 Å². The van der Waals surface area contributed by atoms with Crippen LogP contribution in [0.1, 0.15) is 25.5 Å². The van der Waals surface area contributed by atoms with Gasteiger partial charge in [-0.15, -0.1) is 0 Å². The zero-order chi connectivity index (χ0) is 13.8. The molecule has 1 aromatic rings. The van der Waals surface area contributed by atoms with Crippen LogP contribution in [0.3, 0.4) is 0 Å². The molecular weight excluding hydrogens is 244 g/mol. The highest BCUT2D eigenvalue weighted by atomic mass is 16.5. The van der Waals surface area contributed by atoms with Crippen LogP contribution >= 0.6 is 0 Å². The van der Waals surface area contributed by atoms with Gasteiger partial charge < -0.3 is 15.4 Å². The highest BCUT2D eigenvalue weighted by Crippen LogP contribution is 2.28. The number of hydrogen-bond donors (Lipinski definition) is 2. The molecule has 0 radical (unpaired) electrons. The second kappa shape index (κ2) is 5.73. The van der Waals surface area contributed by atoms with Crippen LogP contribution in [0.2, 0.25) is 0 Å². The third kappa shape index (κ3) is 2.86. The average Bonchev–Trinajstić information content (AvgIpc) is 2.39. The van der Waals surface area contributed by atoms with Crippen LogP contribution in [0.4, 0.5) is 4.79 Å². The third-order valence-corrected chi connectivity index (χ3v) is 3.26. The Hall–Kier alpha value is -2.04. The van der Waals surface area contributed by atoms with Gasteiger partial charge in [-0.2, -0.15) is 0 Å². The van der Waals surface area contributed by atoms with Crippen LogP contribution in [0.15, 0.2) is 30.3 Å². The molecule has 1 aliphatic rings. The van der Waals surface area contributed by atoms with Crippen molar-refractivity contribution in [2.75, 3.05) is 6.61 Å². The zero-order valence-corrected chi connectivity index (χ0v) is 11.1. The van der Waals surface area contributed by atoms with Gasteiger partial charge in [-0.25, -0.2) is 4.79 Å². The van der Waals surface area contributed by atoms with E-state index in [1.54, 1.807) is 6.92 Å². The fourth-order valence-electron chi connectivity index (χ4n) is 2.39. The Balaban J connectivity index is 2.29. The smallest absolute Gasteiger partial charge is 0.315 e. The normalized spacial score (nSPS) is 26.2. The minimum absolute atomic E-state index is 0.262. The molecule has 102 valence electrons. The van der Waals surface area contributed by atoms with Crippen LogP contribution in [-0.4, -0.2) is 24.6 Å². The lowest BCUT2D eigenvalue weighted by Crippen LogP contribution is -2.57. The molecule has 0 aliphatic carbocycles. The van der Waals surface area contributed by atoms with Gasteiger partial charge in [-0.05, 0) is 19.4 Å². The lowest BCUT2D eigenvalue weighted by molar-refractivity contribution is -0.150. The van der Waals surface area contributed by atoms with Crippen LogP contribution in [0.5, 0.6) is 0 Å². The topological polar surface area (TPSA) is 67.4 Å². The van der Waals surface area contributed by atoms with Gasteiger partial charge in [-0.1, -0.05) is 30.3 Å². The van der Waals surface area contributed by atoms with E-state index in [1.165, 1.54) is 0 Å². The number of hydrogen-bond acceptors (Lipinski definition) is 3. The maximum Gasteiger partial charge on any atom is 0.315 e. The van der Waals surface area contributed by atoms with Crippen molar-refractivity contribution in [2.24, 2.45) is 5.92 Å². The number of rotatable bonds is 3. The Morgan fingerprint density at radius 3 is 2.58 bits per heavy atom. The first kappa shape index (κ1) is 13.4. The number of amides is 2. The van der Waals surface area contributed by atoms with Gasteiger partial charge in [0.25, 0.3) is 0 Å². The minimum Gasteiger partial charge on any atom is -0.466 e. The fourth-order valence-corrected chi connectivity index (χ4v) is 2.39. The molecule has 2 amide bonds. The van der Waals surface area contributed by atoms with Gasteiger partial charge in [-0.3, -0.25) is 4.79 Å². The van der Waals surface area contributed by atoms with Gasteiger partial charge in [0, 0.05) is 6.04 Å². The highest BCUT2D eigenvalue weighted by Gasteiger charge is 2.40. The number of carbonyl (C=O) groups is 2. The molecule has 2 rings (SSSR count). The summed E-state index contributed by atoms with van der Waals surface area (Å²) in [5, 5.41) is 5.52. The molecule has 0 saturated carbocycles. The lowest BCUT2D eigenvalue weighted by Gasteiger charge is -2.36. The van der Waals surface area contributed by atoms with Crippen LogP contribution < -0.4 is 10.6 Å². The van der Waals surface area contributed by atoms with Crippen molar-refractivity contribution in [3.63, 3.8) is 0 Å². The number of carbonyl (C=O) groups excluding carboxylic acids is 2. The molecule has 3 atom stereocenters. The van der Waals surface area contributed by atoms with E-state index < -0.39 is 5.92 Å². The van der Waals surface area contributed by atoms with E-state index in [2.05, 4.69) is 10.6 Å². The largest absolute Gasteiger partial charge is 0.466 e. The maximum atomic E-state index is 12.1. The number of ether oxygens (including phenoxy) is 1. The first-order valence-corrected chi connectivity index (χ1v) is 6.42. The molecule has 5 heteroatoms. The molecule has 2 N–H and O–H groups in total. The van der Waals surface area contributed by atoms with Gasteiger partial charge >= 0.3 is 12.0 Å². The lowest BCUT2D eigenvalue weighted by atomic mass is 9.86. The van der Waals surface area contributed by atoms with E-state index in [0.29, 0.717) is 6.61 Å². The predicted molar refractivity (Wildman–Crippen MR) is 70.4 cm³/mol. The summed E-state index contributed by atoms with van der Waals surface area (Å²) in [6, 6.07) is 8.58. The van der Waals surface area contributed by atoms with E-state index in [0.717, 1.165) is 5.56 Å². The second-order valence-electron chi connectivity index (χ2n) is 4.57. The number of benzene rings is 1. The Kier molecular flexibility index (Phi) is 4.04. The summed E-state index contributed by atoms with van der Waals surface area (Å²) in [5.41, 5.74) is 0.905. The van der Waals surface area contributed by atoms with E-state index in [9.17, 15) is 9.59 Å². The predicted octanol–water partition coefficient (Wildman–Crippen LogP) is 1.61. The Bertz CT molecular complexity index is 461. The molecule has 1 heterocycles. The summed E-state index contributed by atoms with van der Waals surface area (Å²) in [6.07, 6.45) is 0. The summed E-state index contributed by atoms with van der Waals surface area (Å²) < 4.78 is 5.11. The van der Waals surface area contributed by atoms with Crippen molar-refractivity contribution in [3.8, 4) is 0 Å². The average molecular weight is 262 g/mol. The number of nitrogens with one attached hydrogen (secondary N) is 2. The quantitative estimate of drug-likeness (QED) is 0.813. The van der Waals surface area contributed by atoms with Gasteiger partial charge in [0.15, 0.2) is 0 Å². The highest BCUT2D eigenvalue weighted by molar-refractivity contribution is 5.82. The molecule has 1 fully saturated rings. The van der Waals surface area contributed by atoms with Crippen LogP contribution in [0, 0.1) is 5.92 Å². The maximum absolute atomic E-state index is 12.1. The summed E-state index contributed by atoms with van der Waals surface area (Å²) in [5.74, 6) is -0.726. The summed E-state index contributed by atoms with van der Waals surface area (Å²) in [7, 11) is 0. The summed E-state index contributed by atoms with van der Waals surface area (Å²) in [4.78, 5) is 23.7. The molecule has 19 heavy (non-hydrogen) atoms. The Morgan fingerprint density at radius 1 is 1.26 bits per heavy atom. The van der Waals surface area contributed by atoms with E-state index in [1.807, 2.05) is 37.3 Å². The van der Waals surface area contributed by atoms with Gasteiger partial charge in [0.05, 0.1) is 12.6 Å². The molecule has 5 nitrogen and oxygen atoms in total. The first-order chi connectivity index (χ1) is 9.13. The van der Waals surface area contributed by atoms with E-state index >= 15 is 0 Å². The number of esters is 1. The molecule has 1 saturated heterocycles. The Labute approximate surface area is 112 Å². The molecule has 1 aliphatic heterocycles. The molecule has 0 bridgehead atoms.